The summed E-state index contributed by atoms with van der Waals surface area (Å²) in [5.41, 5.74) is 9.77. The van der Waals surface area contributed by atoms with Crippen LogP contribution in [0.15, 0.2) is 101 Å². The summed E-state index contributed by atoms with van der Waals surface area (Å²) in [6, 6.07) is 25.9. The van der Waals surface area contributed by atoms with E-state index >= 15 is 0 Å². The number of aliphatic hydroxyl groups excluding tert-OH is 1. The van der Waals surface area contributed by atoms with E-state index in [1.807, 2.05) is 36.4 Å². The fourth-order valence-corrected chi connectivity index (χ4v) is 6.70. The Morgan fingerprint density at radius 2 is 1.79 bits per heavy atom. The summed E-state index contributed by atoms with van der Waals surface area (Å²) in [7, 11) is 0. The molecule has 3 aliphatic rings. The minimum Gasteiger partial charge on any atom is -0.456 e. The topological polar surface area (TPSA) is 94.0 Å². The number of nitrogens with zero attached hydrogens (tertiary/aromatic N) is 4. The number of hydrogen-bond acceptors (Lipinski definition) is 6. The fraction of sp³-hybridized carbons (Fsp3) is 0.300. The van der Waals surface area contributed by atoms with Gasteiger partial charge in [-0.3, -0.25) is 4.79 Å². The van der Waals surface area contributed by atoms with E-state index in [1.165, 1.54) is 0 Å². The third kappa shape index (κ3) is 6.53. The van der Waals surface area contributed by atoms with Crippen molar-refractivity contribution in [3.63, 3.8) is 0 Å². The molecular formula is C40H44N5O3+. The van der Waals surface area contributed by atoms with Crippen molar-refractivity contribution < 1.29 is 14.3 Å². The fourth-order valence-electron chi connectivity index (χ4n) is 6.70. The van der Waals surface area contributed by atoms with E-state index in [2.05, 4.69) is 101 Å². The van der Waals surface area contributed by atoms with Crippen molar-refractivity contribution in [3.8, 4) is 22.5 Å². The number of fused-ring (bicyclic) bond motifs is 2. The van der Waals surface area contributed by atoms with Crippen LogP contribution in [0.4, 0.5) is 5.69 Å². The van der Waals surface area contributed by atoms with Gasteiger partial charge in [-0.15, -0.1) is 0 Å². The van der Waals surface area contributed by atoms with Crippen molar-refractivity contribution in [2.75, 3.05) is 31.1 Å². The SMILES string of the molecule is CCN(CC)c1ccc2c(-c3ccccc3C(=O)N/N=C(\c3cccc(CO)n3)C3C=CCC3)c3ccc(=[N+](CC)CC)cc-3oc2c1. The third-order valence-electron chi connectivity index (χ3n) is 9.26. The summed E-state index contributed by atoms with van der Waals surface area (Å²) in [5, 5.41) is 16.4. The Balaban J connectivity index is 1.50. The highest BCUT2D eigenvalue weighted by Crippen LogP contribution is 2.42. The second kappa shape index (κ2) is 14.8. The number of aromatic nitrogens is 1. The van der Waals surface area contributed by atoms with Crippen molar-refractivity contribution in [2.24, 2.45) is 11.0 Å². The quantitative estimate of drug-likeness (QED) is 0.0541. The number of pyridine rings is 1. The molecule has 0 saturated heterocycles. The van der Waals surface area contributed by atoms with Crippen molar-refractivity contribution in [2.45, 2.75) is 47.1 Å². The van der Waals surface area contributed by atoms with Crippen LogP contribution >= 0.6 is 0 Å². The standard InChI is InChI=1S/C40H43N5O3/c1-5-44(6-2)29-20-22-33-36(24-29)48-37-25-30(45(7-3)8-4)21-23-34(37)38(33)31-17-11-12-18-32(31)40(47)43-42-39(27-14-9-10-15-27)35-19-13-16-28(26-46)41-35/h9,11-14,16-25,27,46H,5-8,10,15,26H2,1-4H3/p+1. The molecule has 0 radical (unpaired) electrons. The number of hydrogen-bond donors (Lipinski definition) is 2. The average molecular weight is 643 g/mol. The van der Waals surface area contributed by atoms with E-state index in [0.717, 1.165) is 83.5 Å². The minimum absolute atomic E-state index is 0.0191. The lowest BCUT2D eigenvalue weighted by Gasteiger charge is -2.22. The molecule has 2 N–H and O–H groups in total. The maximum Gasteiger partial charge on any atom is 0.272 e. The van der Waals surface area contributed by atoms with Crippen LogP contribution < -0.4 is 20.3 Å². The maximum absolute atomic E-state index is 14.1. The first kappa shape index (κ1) is 32.8. The van der Waals surface area contributed by atoms with Crippen LogP contribution in [0.25, 0.3) is 33.4 Å². The van der Waals surface area contributed by atoms with Crippen LogP contribution in [0.3, 0.4) is 0 Å². The van der Waals surface area contributed by atoms with E-state index in [-0.39, 0.29) is 18.4 Å². The van der Waals surface area contributed by atoms with Crippen LogP contribution in [0.2, 0.25) is 0 Å². The Kier molecular flexibility index (Phi) is 10.1. The average Bonchev–Trinajstić information content (AvgIpc) is 3.66. The summed E-state index contributed by atoms with van der Waals surface area (Å²) in [6.07, 6.45) is 6.05. The summed E-state index contributed by atoms with van der Waals surface area (Å²) in [4.78, 5) is 21.0. The van der Waals surface area contributed by atoms with Gasteiger partial charge in [0, 0.05) is 58.9 Å². The van der Waals surface area contributed by atoms with E-state index in [4.69, 9.17) is 4.42 Å². The first-order valence-corrected chi connectivity index (χ1v) is 17.0. The zero-order chi connectivity index (χ0) is 33.6. The van der Waals surface area contributed by atoms with Crippen LogP contribution in [0, 0.1) is 5.92 Å². The molecule has 0 fully saturated rings. The van der Waals surface area contributed by atoms with Crippen LogP contribution in [0.1, 0.15) is 62.3 Å². The third-order valence-corrected chi connectivity index (χ3v) is 9.26. The molecule has 8 nitrogen and oxygen atoms in total. The Bertz CT molecular complexity index is 2030. The van der Waals surface area contributed by atoms with Gasteiger partial charge in [-0.25, -0.2) is 15.0 Å². The first-order valence-electron chi connectivity index (χ1n) is 17.0. The molecule has 2 aliphatic carbocycles. The van der Waals surface area contributed by atoms with Gasteiger partial charge in [0.05, 0.1) is 29.8 Å². The smallest absolute Gasteiger partial charge is 0.272 e. The Morgan fingerprint density at radius 3 is 2.52 bits per heavy atom. The number of nitrogens with one attached hydrogen (secondary N) is 1. The first-order chi connectivity index (χ1) is 23.5. The molecule has 1 unspecified atom stereocenters. The molecule has 1 amide bonds. The van der Waals surface area contributed by atoms with Crippen LogP contribution in [-0.4, -0.2) is 47.9 Å². The number of rotatable bonds is 11. The van der Waals surface area contributed by atoms with Gasteiger partial charge < -0.3 is 14.4 Å². The largest absolute Gasteiger partial charge is 0.456 e. The molecule has 3 aromatic rings. The van der Waals surface area contributed by atoms with Gasteiger partial charge in [-0.2, -0.15) is 5.10 Å². The van der Waals surface area contributed by atoms with Gasteiger partial charge in [0.2, 0.25) is 5.36 Å². The Hall–Kier alpha value is -5.08. The number of amides is 1. The number of carbonyl (C=O) groups excluding carboxylic acids is 1. The number of anilines is 1. The molecule has 0 saturated carbocycles. The molecule has 6 rings (SSSR count). The molecule has 1 aliphatic heterocycles. The number of allylic oxidation sites excluding steroid dienone is 2. The van der Waals surface area contributed by atoms with Crippen LogP contribution in [0.5, 0.6) is 0 Å². The van der Waals surface area contributed by atoms with Crippen molar-refractivity contribution >= 4 is 28.3 Å². The Labute approximate surface area is 282 Å². The zero-order valence-corrected chi connectivity index (χ0v) is 28.2. The predicted octanol–water partition coefficient (Wildman–Crippen LogP) is 6.85. The highest BCUT2D eigenvalue weighted by Gasteiger charge is 2.24. The lowest BCUT2D eigenvalue weighted by molar-refractivity contribution is 0.0955. The summed E-state index contributed by atoms with van der Waals surface area (Å²) < 4.78 is 8.96. The van der Waals surface area contributed by atoms with Gasteiger partial charge in [0.1, 0.15) is 24.4 Å². The van der Waals surface area contributed by atoms with Crippen molar-refractivity contribution in [1.82, 2.24) is 15.0 Å². The lowest BCUT2D eigenvalue weighted by atomic mass is 9.90. The zero-order valence-electron chi connectivity index (χ0n) is 28.2. The number of benzene rings is 3. The van der Waals surface area contributed by atoms with E-state index < -0.39 is 0 Å². The summed E-state index contributed by atoms with van der Waals surface area (Å²) in [5.74, 6) is 0.465. The number of carbonyl (C=O) groups is 1. The molecule has 1 aromatic heterocycles. The molecular weight excluding hydrogens is 598 g/mol. The Morgan fingerprint density at radius 1 is 0.979 bits per heavy atom. The van der Waals surface area contributed by atoms with Gasteiger partial charge in [0.25, 0.3) is 5.91 Å². The molecule has 1 atom stereocenters. The van der Waals surface area contributed by atoms with E-state index in [0.29, 0.717) is 22.7 Å². The van der Waals surface area contributed by atoms with E-state index in [9.17, 15) is 9.90 Å². The monoisotopic (exact) mass is 642 g/mol. The molecule has 0 bridgehead atoms. The summed E-state index contributed by atoms with van der Waals surface area (Å²) >= 11 is 0. The van der Waals surface area contributed by atoms with E-state index in [1.54, 1.807) is 6.07 Å². The number of aliphatic hydroxyl groups is 1. The van der Waals surface area contributed by atoms with Gasteiger partial charge in [-0.05, 0) is 82.5 Å². The molecule has 8 heteroatoms. The lowest BCUT2D eigenvalue weighted by Crippen LogP contribution is -2.29. The molecule has 0 spiro atoms. The molecule has 48 heavy (non-hydrogen) atoms. The number of hydrazone groups is 1. The highest BCUT2D eigenvalue weighted by atomic mass is 16.3. The second-order valence-electron chi connectivity index (χ2n) is 12.0. The highest BCUT2D eigenvalue weighted by molar-refractivity contribution is 6.10. The van der Waals surface area contributed by atoms with Crippen LogP contribution in [-0.2, 0) is 6.61 Å². The predicted molar refractivity (Wildman–Crippen MR) is 194 cm³/mol. The molecule has 2 aromatic carbocycles. The second-order valence-corrected chi connectivity index (χ2v) is 12.0. The molecule has 2 heterocycles. The van der Waals surface area contributed by atoms with Gasteiger partial charge >= 0.3 is 0 Å². The minimum atomic E-state index is -0.315. The normalized spacial score (nSPS) is 14.5. The van der Waals surface area contributed by atoms with Crippen molar-refractivity contribution in [1.29, 1.82) is 0 Å². The maximum atomic E-state index is 14.1. The van der Waals surface area contributed by atoms with Gasteiger partial charge in [-0.1, -0.05) is 36.4 Å². The van der Waals surface area contributed by atoms with Crippen molar-refractivity contribution in [3.05, 3.63) is 113 Å². The summed E-state index contributed by atoms with van der Waals surface area (Å²) in [6.45, 7) is 12.0. The van der Waals surface area contributed by atoms with Gasteiger partial charge in [0.15, 0.2) is 0 Å². The molecule has 246 valence electrons.